The van der Waals surface area contributed by atoms with E-state index in [9.17, 15) is 18.0 Å². The van der Waals surface area contributed by atoms with Crippen molar-refractivity contribution >= 4 is 23.1 Å². The van der Waals surface area contributed by atoms with Crippen LogP contribution < -0.4 is 0 Å². The summed E-state index contributed by atoms with van der Waals surface area (Å²) in [5.41, 5.74) is -1.62. The van der Waals surface area contributed by atoms with Crippen LogP contribution in [0.1, 0.15) is 27.0 Å². The molecule has 0 spiro atoms. The Hall–Kier alpha value is -2.01. The van der Waals surface area contributed by atoms with Crippen molar-refractivity contribution in [1.82, 2.24) is 0 Å². The first kappa shape index (κ1) is 14.9. The number of carbonyl (C=O) groups is 1. The van der Waals surface area contributed by atoms with E-state index in [1.54, 1.807) is 36.4 Å². The number of carbonyl (C=O) groups excluding carboxylic acids is 1. The topological polar surface area (TPSA) is 17.1 Å². The van der Waals surface area contributed by atoms with Crippen LogP contribution >= 0.6 is 11.8 Å². The molecule has 3 rings (SSSR count). The Morgan fingerprint density at radius 2 is 1.50 bits per heavy atom. The first-order chi connectivity index (χ1) is 10.4. The zero-order chi connectivity index (χ0) is 15.9. The molecule has 2 aromatic rings. The minimum atomic E-state index is -4.50. The van der Waals surface area contributed by atoms with Crippen LogP contribution in [0.2, 0.25) is 0 Å². The maximum absolute atomic E-state index is 12.8. The van der Waals surface area contributed by atoms with Crippen LogP contribution in [-0.4, -0.2) is 11.3 Å². The van der Waals surface area contributed by atoms with Crippen molar-refractivity contribution in [3.63, 3.8) is 0 Å². The third-order valence-corrected chi connectivity index (χ3v) is 4.26. The number of fused-ring (bicyclic) bond motifs is 1. The fourth-order valence-corrected chi connectivity index (χ4v) is 3.24. The number of thioether (sulfide) groups is 1. The molecule has 0 fully saturated rings. The molecule has 0 heterocycles. The van der Waals surface area contributed by atoms with E-state index in [1.807, 2.05) is 19.1 Å². The van der Waals surface area contributed by atoms with Gasteiger partial charge in [-0.15, -0.1) is 0 Å². The van der Waals surface area contributed by atoms with E-state index in [0.29, 0.717) is 22.3 Å². The van der Waals surface area contributed by atoms with Gasteiger partial charge in [-0.2, -0.15) is 13.2 Å². The fraction of sp³-hybridized carbons (Fsp3) is 0.118. The van der Waals surface area contributed by atoms with Crippen molar-refractivity contribution in [2.24, 2.45) is 0 Å². The lowest BCUT2D eigenvalue weighted by molar-refractivity contribution is -0.0322. The molecule has 0 amide bonds. The van der Waals surface area contributed by atoms with E-state index in [1.165, 1.54) is 0 Å². The van der Waals surface area contributed by atoms with Gasteiger partial charge in [0, 0.05) is 11.1 Å². The summed E-state index contributed by atoms with van der Waals surface area (Å²) in [5, 5.41) is 0. The van der Waals surface area contributed by atoms with Crippen molar-refractivity contribution in [3.05, 3.63) is 75.7 Å². The average molecular weight is 320 g/mol. The molecule has 2 aromatic carbocycles. The number of ketones is 1. The second-order valence-electron chi connectivity index (χ2n) is 4.99. The summed E-state index contributed by atoms with van der Waals surface area (Å²) in [4.78, 5) is 12.1. The van der Waals surface area contributed by atoms with Crippen LogP contribution in [0, 0.1) is 6.92 Å². The minimum absolute atomic E-state index is 0.252. The zero-order valence-electron chi connectivity index (χ0n) is 11.6. The summed E-state index contributed by atoms with van der Waals surface area (Å²) in [6.07, 6.45) is 0. The quantitative estimate of drug-likeness (QED) is 0.756. The molecule has 0 saturated carbocycles. The molecule has 0 N–H and O–H groups in total. The maximum atomic E-state index is 12.8. The number of hydrogen-bond acceptors (Lipinski definition) is 2. The highest BCUT2D eigenvalue weighted by molar-refractivity contribution is 8.05. The summed E-state index contributed by atoms with van der Waals surface area (Å²) in [6.45, 7) is 1.90. The summed E-state index contributed by atoms with van der Waals surface area (Å²) < 4.78 is 38.5. The van der Waals surface area contributed by atoms with Gasteiger partial charge >= 0.3 is 5.51 Å². The molecular weight excluding hydrogens is 309 g/mol. The largest absolute Gasteiger partial charge is 0.446 e. The number of aryl methyl sites for hydroxylation is 1. The van der Waals surface area contributed by atoms with Gasteiger partial charge in [-0.3, -0.25) is 4.79 Å². The number of allylic oxidation sites excluding steroid dienone is 1. The van der Waals surface area contributed by atoms with Crippen molar-refractivity contribution in [1.29, 1.82) is 0 Å². The molecule has 22 heavy (non-hydrogen) atoms. The van der Waals surface area contributed by atoms with Crippen molar-refractivity contribution < 1.29 is 18.0 Å². The van der Waals surface area contributed by atoms with E-state index >= 15 is 0 Å². The van der Waals surface area contributed by atoms with Crippen LogP contribution in [0.15, 0.2) is 53.4 Å². The molecule has 0 atom stereocenters. The third-order valence-electron chi connectivity index (χ3n) is 3.43. The molecule has 1 nitrogen and oxygen atoms in total. The lowest BCUT2D eigenvalue weighted by atomic mass is 9.98. The lowest BCUT2D eigenvalue weighted by Gasteiger charge is -2.10. The van der Waals surface area contributed by atoms with Gasteiger partial charge in [0.25, 0.3) is 0 Å². The van der Waals surface area contributed by atoms with Gasteiger partial charge in [0.1, 0.15) is 0 Å². The minimum Gasteiger partial charge on any atom is -0.288 e. The maximum Gasteiger partial charge on any atom is 0.446 e. The number of Topliss-reactive ketones (excluding diaryl/α,β-unsaturated/α-hetero) is 1. The number of benzene rings is 2. The fourth-order valence-electron chi connectivity index (χ4n) is 2.48. The molecule has 1 aliphatic rings. The van der Waals surface area contributed by atoms with E-state index < -0.39 is 11.3 Å². The monoisotopic (exact) mass is 320 g/mol. The summed E-state index contributed by atoms with van der Waals surface area (Å²) in [6, 6.07) is 13.8. The molecule has 0 saturated heterocycles. The van der Waals surface area contributed by atoms with Gasteiger partial charge in [0.05, 0.1) is 4.91 Å². The standard InChI is InChI=1S/C17H11F3OS/c1-10-6-8-11(9-7-10)14-12-4-2-3-5-13(12)15(21)16(14)22-17(18,19)20/h2-9H,1H3. The zero-order valence-corrected chi connectivity index (χ0v) is 12.4. The van der Waals surface area contributed by atoms with E-state index in [0.717, 1.165) is 5.56 Å². The second kappa shape index (κ2) is 5.32. The van der Waals surface area contributed by atoms with E-state index in [-0.39, 0.29) is 16.7 Å². The van der Waals surface area contributed by atoms with Gasteiger partial charge in [-0.25, -0.2) is 0 Å². The lowest BCUT2D eigenvalue weighted by Crippen LogP contribution is -2.05. The van der Waals surface area contributed by atoms with Crippen LogP contribution in [0.25, 0.3) is 5.57 Å². The molecular formula is C17H11F3OS. The second-order valence-corrected chi connectivity index (χ2v) is 6.07. The molecule has 0 unspecified atom stereocenters. The first-order valence-electron chi connectivity index (χ1n) is 6.58. The number of rotatable bonds is 2. The molecule has 112 valence electrons. The third kappa shape index (κ3) is 2.68. The smallest absolute Gasteiger partial charge is 0.288 e. The van der Waals surface area contributed by atoms with Gasteiger partial charge in [0.2, 0.25) is 5.78 Å². The van der Waals surface area contributed by atoms with Crippen LogP contribution in [-0.2, 0) is 0 Å². The predicted octanol–water partition coefficient (Wildman–Crippen LogP) is 5.20. The highest BCUT2D eigenvalue weighted by Crippen LogP contribution is 2.47. The highest BCUT2D eigenvalue weighted by Gasteiger charge is 2.39. The van der Waals surface area contributed by atoms with Crippen LogP contribution in [0.5, 0.6) is 0 Å². The van der Waals surface area contributed by atoms with Crippen LogP contribution in [0.3, 0.4) is 0 Å². The predicted molar refractivity (Wildman–Crippen MR) is 81.6 cm³/mol. The molecule has 0 bridgehead atoms. The summed E-state index contributed by atoms with van der Waals surface area (Å²) in [7, 11) is 0. The highest BCUT2D eigenvalue weighted by atomic mass is 32.2. The average Bonchev–Trinajstić information content (AvgIpc) is 2.72. The van der Waals surface area contributed by atoms with E-state index in [2.05, 4.69) is 0 Å². The Morgan fingerprint density at radius 3 is 2.09 bits per heavy atom. The van der Waals surface area contributed by atoms with Crippen molar-refractivity contribution in [3.8, 4) is 0 Å². The Morgan fingerprint density at radius 1 is 0.909 bits per heavy atom. The van der Waals surface area contributed by atoms with Gasteiger partial charge in [0.15, 0.2) is 0 Å². The Bertz CT molecular complexity index is 773. The Labute approximate surface area is 129 Å². The molecule has 0 aliphatic heterocycles. The number of alkyl halides is 3. The first-order valence-corrected chi connectivity index (χ1v) is 7.39. The van der Waals surface area contributed by atoms with Crippen molar-refractivity contribution in [2.45, 2.75) is 12.4 Å². The molecule has 0 radical (unpaired) electrons. The van der Waals surface area contributed by atoms with Gasteiger partial charge in [-0.05, 0) is 29.8 Å². The van der Waals surface area contributed by atoms with Gasteiger partial charge < -0.3 is 0 Å². The Balaban J connectivity index is 2.21. The SMILES string of the molecule is Cc1ccc(C2=C(SC(F)(F)F)C(=O)c3ccccc32)cc1. The normalized spacial score (nSPS) is 14.5. The summed E-state index contributed by atoms with van der Waals surface area (Å²) in [5.74, 6) is -0.562. The molecule has 5 heteroatoms. The molecule has 1 aliphatic carbocycles. The van der Waals surface area contributed by atoms with E-state index in [4.69, 9.17) is 0 Å². The molecule has 0 aromatic heterocycles. The summed E-state index contributed by atoms with van der Waals surface area (Å²) >= 11 is -0.334. The van der Waals surface area contributed by atoms with Crippen molar-refractivity contribution in [2.75, 3.05) is 0 Å². The number of halogens is 3. The Kier molecular flexibility index (Phi) is 3.60. The van der Waals surface area contributed by atoms with Crippen LogP contribution in [0.4, 0.5) is 13.2 Å². The van der Waals surface area contributed by atoms with Gasteiger partial charge in [-0.1, -0.05) is 54.1 Å². The number of hydrogen-bond donors (Lipinski definition) is 0.